The van der Waals surface area contributed by atoms with Crippen LogP contribution in [0.25, 0.3) is 0 Å². The van der Waals surface area contributed by atoms with Crippen LogP contribution in [-0.4, -0.2) is 68.3 Å². The Morgan fingerprint density at radius 2 is 1.55 bits per heavy atom. The monoisotopic (exact) mass is 604 g/mol. The number of rotatable bonds is 10. The highest BCUT2D eigenvalue weighted by Gasteiger charge is 2.41. The molecule has 1 fully saturated rings. The predicted octanol–water partition coefficient (Wildman–Crippen LogP) is 3.12. The van der Waals surface area contributed by atoms with Crippen molar-refractivity contribution < 1.29 is 23.1 Å². The number of hydrogen-bond acceptors (Lipinski definition) is 6. The topological polar surface area (TPSA) is 133 Å². The number of carbonyl (C=O) groups is 2. The van der Waals surface area contributed by atoms with Gasteiger partial charge in [0.15, 0.2) is 0 Å². The average Bonchev–Trinajstić information content (AvgIpc) is 2.86. The zero-order valence-corrected chi connectivity index (χ0v) is 24.2. The lowest BCUT2D eigenvalue weighted by atomic mass is 9.93. The normalized spacial score (nSPS) is 14.9. The minimum absolute atomic E-state index is 0.139. The largest absolute Gasteiger partial charge is 0.394 e. The van der Waals surface area contributed by atoms with E-state index >= 15 is 0 Å². The van der Waals surface area contributed by atoms with Crippen LogP contribution in [0.3, 0.4) is 0 Å². The van der Waals surface area contributed by atoms with Crippen LogP contribution in [0.4, 0.5) is 5.69 Å². The van der Waals surface area contributed by atoms with Crippen LogP contribution in [0.5, 0.6) is 0 Å². The second kappa shape index (κ2) is 12.2. The number of halogens is 2. The van der Waals surface area contributed by atoms with Crippen molar-refractivity contribution in [3.63, 3.8) is 0 Å². The molecule has 1 aliphatic heterocycles. The van der Waals surface area contributed by atoms with Crippen LogP contribution >= 0.6 is 23.2 Å². The van der Waals surface area contributed by atoms with Crippen LogP contribution in [0.1, 0.15) is 33.1 Å². The van der Waals surface area contributed by atoms with E-state index in [0.717, 1.165) is 17.4 Å². The number of hydrogen-bond donors (Lipinski definition) is 3. The number of nitrogens with two attached hydrogens (primary N) is 1. The molecular weight excluding hydrogens is 575 g/mol. The molecule has 3 aromatic rings. The van der Waals surface area contributed by atoms with E-state index in [9.17, 15) is 23.1 Å². The third-order valence-electron chi connectivity index (χ3n) is 6.73. The van der Waals surface area contributed by atoms with Gasteiger partial charge in [-0.25, -0.2) is 8.42 Å². The number of aliphatic hydroxyl groups is 1. The summed E-state index contributed by atoms with van der Waals surface area (Å²) in [5, 5.41) is 13.0. The van der Waals surface area contributed by atoms with Crippen molar-refractivity contribution in [1.82, 2.24) is 10.2 Å². The number of carbonyl (C=O) groups excluding carboxylic acids is 2. The molecule has 3 aromatic carbocycles. The molecule has 0 spiro atoms. The number of primary amides is 1. The van der Waals surface area contributed by atoms with Gasteiger partial charge in [-0.05, 0) is 66.1 Å². The van der Waals surface area contributed by atoms with Crippen molar-refractivity contribution in [3.05, 3.63) is 99.0 Å². The van der Waals surface area contributed by atoms with Crippen LogP contribution in [0.2, 0.25) is 10.0 Å². The van der Waals surface area contributed by atoms with Crippen molar-refractivity contribution in [2.75, 3.05) is 30.3 Å². The maximum atomic E-state index is 13.0. The Bertz CT molecular complexity index is 1450. The summed E-state index contributed by atoms with van der Waals surface area (Å²) in [7, 11) is -3.74. The number of sulfonamides is 1. The highest BCUT2D eigenvalue weighted by Crippen LogP contribution is 2.37. The van der Waals surface area contributed by atoms with Gasteiger partial charge in [0.05, 0.1) is 30.6 Å². The molecule has 0 radical (unpaired) electrons. The van der Waals surface area contributed by atoms with E-state index in [0.29, 0.717) is 34.4 Å². The van der Waals surface area contributed by atoms with E-state index in [-0.39, 0.29) is 11.6 Å². The molecule has 1 heterocycles. The van der Waals surface area contributed by atoms with Gasteiger partial charge in [0, 0.05) is 28.7 Å². The molecule has 0 aromatic heterocycles. The average molecular weight is 606 g/mol. The van der Waals surface area contributed by atoms with Gasteiger partial charge in [-0.1, -0.05) is 47.5 Å². The van der Waals surface area contributed by atoms with Gasteiger partial charge >= 0.3 is 0 Å². The van der Waals surface area contributed by atoms with Gasteiger partial charge < -0.3 is 16.2 Å². The first-order chi connectivity index (χ1) is 18.9. The van der Waals surface area contributed by atoms with Crippen molar-refractivity contribution >= 4 is 50.7 Å². The molecule has 1 saturated heterocycles. The zero-order valence-electron chi connectivity index (χ0n) is 21.9. The Labute approximate surface area is 243 Å². The van der Waals surface area contributed by atoms with E-state index in [1.165, 1.54) is 10.4 Å². The summed E-state index contributed by atoms with van der Waals surface area (Å²) < 4.78 is 27.4. The Hall–Kier alpha value is -3.15. The number of likely N-dealkylation sites (tertiary alicyclic amines) is 1. The number of amides is 2. The summed E-state index contributed by atoms with van der Waals surface area (Å²) >= 11 is 12.2. The van der Waals surface area contributed by atoms with Gasteiger partial charge in [0.1, 0.15) is 6.04 Å². The molecule has 0 bridgehead atoms. The predicted molar refractivity (Wildman–Crippen MR) is 156 cm³/mol. The maximum absolute atomic E-state index is 13.0. The van der Waals surface area contributed by atoms with Gasteiger partial charge in [-0.15, -0.1) is 0 Å². The lowest BCUT2D eigenvalue weighted by Gasteiger charge is -2.49. The number of aryl methyl sites for hydroxylation is 1. The van der Waals surface area contributed by atoms with Crippen molar-refractivity contribution in [3.8, 4) is 0 Å². The van der Waals surface area contributed by atoms with Gasteiger partial charge in [-0.3, -0.25) is 18.8 Å². The fraction of sp³-hybridized carbons (Fsp3) is 0.286. The lowest BCUT2D eigenvalue weighted by molar-refractivity contribution is -0.120. The zero-order chi connectivity index (χ0) is 29.2. The second-order valence-electron chi connectivity index (χ2n) is 9.84. The molecule has 0 saturated carbocycles. The van der Waals surface area contributed by atoms with Gasteiger partial charge in [0.25, 0.3) is 5.91 Å². The summed E-state index contributed by atoms with van der Waals surface area (Å²) in [5.74, 6) is -1.54. The molecule has 9 nitrogen and oxygen atoms in total. The first kappa shape index (κ1) is 29.8. The molecule has 1 atom stereocenters. The first-order valence-electron chi connectivity index (χ1n) is 12.4. The molecule has 40 heavy (non-hydrogen) atoms. The van der Waals surface area contributed by atoms with E-state index < -0.39 is 40.5 Å². The SMILES string of the molecule is Cc1cc(C(=O)N[C@@H](CO)C(N)=O)cc(N(C2CN(C(c3ccc(Cl)cc3)c3ccc(Cl)cc3)C2)S(C)(=O)=O)c1. The summed E-state index contributed by atoms with van der Waals surface area (Å²) in [6.07, 6.45) is 1.13. The molecule has 4 N–H and O–H groups in total. The maximum Gasteiger partial charge on any atom is 0.252 e. The minimum Gasteiger partial charge on any atom is -0.394 e. The number of benzene rings is 3. The smallest absolute Gasteiger partial charge is 0.252 e. The summed E-state index contributed by atoms with van der Waals surface area (Å²) in [5.41, 5.74) is 8.33. The van der Waals surface area contributed by atoms with E-state index in [1.54, 1.807) is 19.1 Å². The number of nitrogens with one attached hydrogen (secondary N) is 1. The third-order valence-corrected chi connectivity index (χ3v) is 8.45. The van der Waals surface area contributed by atoms with Crippen molar-refractivity contribution in [1.29, 1.82) is 0 Å². The molecule has 1 aliphatic rings. The Kier molecular flexibility index (Phi) is 9.06. The highest BCUT2D eigenvalue weighted by atomic mass is 35.5. The summed E-state index contributed by atoms with van der Waals surface area (Å²) in [6.45, 7) is 1.93. The molecule has 2 amide bonds. The van der Waals surface area contributed by atoms with Crippen LogP contribution in [-0.2, 0) is 14.8 Å². The molecule has 0 aliphatic carbocycles. The Balaban J connectivity index is 1.63. The van der Waals surface area contributed by atoms with E-state index in [4.69, 9.17) is 28.9 Å². The quantitative estimate of drug-likeness (QED) is 0.326. The fourth-order valence-electron chi connectivity index (χ4n) is 4.89. The molecule has 0 unspecified atom stereocenters. The second-order valence-corrected chi connectivity index (χ2v) is 12.6. The summed E-state index contributed by atoms with van der Waals surface area (Å²) in [6, 6.07) is 17.9. The third kappa shape index (κ3) is 6.76. The summed E-state index contributed by atoms with van der Waals surface area (Å²) in [4.78, 5) is 26.5. The molecule has 12 heteroatoms. The number of anilines is 1. The van der Waals surface area contributed by atoms with Crippen LogP contribution < -0.4 is 15.4 Å². The first-order valence-corrected chi connectivity index (χ1v) is 15.0. The van der Waals surface area contributed by atoms with E-state index in [1.807, 2.05) is 48.5 Å². The Morgan fingerprint density at radius 1 is 1.02 bits per heavy atom. The molecule has 212 valence electrons. The standard InChI is InChI=1S/C28H30Cl2N4O5S/c1-17-11-20(28(37)32-25(16-35)27(31)36)13-23(12-17)34(40(2,38)39)24-14-33(15-24)26(18-3-7-21(29)8-4-18)19-5-9-22(30)10-6-19/h3-13,24-26,35H,14-16H2,1-2H3,(H2,31,36)(H,32,37)/t25-/m0/s1. The van der Waals surface area contributed by atoms with Crippen molar-refractivity contribution in [2.24, 2.45) is 5.73 Å². The number of nitrogens with zero attached hydrogens (tertiary/aromatic N) is 2. The van der Waals surface area contributed by atoms with Gasteiger partial charge in [-0.2, -0.15) is 0 Å². The molecular formula is C28H30Cl2N4O5S. The van der Waals surface area contributed by atoms with Gasteiger partial charge in [0.2, 0.25) is 15.9 Å². The number of aliphatic hydroxyl groups excluding tert-OH is 1. The lowest BCUT2D eigenvalue weighted by Crippen LogP contribution is -2.61. The fourth-order valence-corrected chi connectivity index (χ4v) is 6.31. The van der Waals surface area contributed by atoms with Crippen LogP contribution in [0.15, 0.2) is 66.7 Å². The molecule has 4 rings (SSSR count). The van der Waals surface area contributed by atoms with Crippen LogP contribution in [0, 0.1) is 6.92 Å². The Morgan fingerprint density at radius 3 is 2.00 bits per heavy atom. The van der Waals surface area contributed by atoms with E-state index in [2.05, 4.69) is 10.2 Å². The minimum atomic E-state index is -3.74. The van der Waals surface area contributed by atoms with Crippen molar-refractivity contribution in [2.45, 2.75) is 25.0 Å². The highest BCUT2D eigenvalue weighted by molar-refractivity contribution is 7.92.